The van der Waals surface area contributed by atoms with Crippen molar-refractivity contribution < 1.29 is 19.2 Å². The van der Waals surface area contributed by atoms with Crippen LogP contribution in [-0.2, 0) is 11.4 Å². The lowest BCUT2D eigenvalue weighted by atomic mass is 10.1. The number of amides is 1. The van der Waals surface area contributed by atoms with E-state index >= 15 is 0 Å². The van der Waals surface area contributed by atoms with E-state index in [4.69, 9.17) is 14.5 Å². The largest absolute Gasteiger partial charge is 0.493 e. The molecule has 0 atom stereocenters. The topological polar surface area (TPSA) is 94.3 Å². The number of nitro benzene ring substituents is 1. The molecule has 37 heavy (non-hydrogen) atoms. The molecule has 3 aromatic rings. The molecule has 1 saturated heterocycles. The molecule has 1 heterocycles. The molecular formula is C28H27N3O5S. The summed E-state index contributed by atoms with van der Waals surface area (Å²) < 4.78 is 11.4. The number of non-ortho nitro benzene ring substituents is 1. The molecule has 0 N–H and O–H groups in total. The smallest absolute Gasteiger partial charge is 0.269 e. The SMILES string of the molecule is CCCN1C(=O)/C(=C\c2ccc(OCc3ccc([N+](=O)[O-])cc3)c(OC)c2)SC1=Nc1ccc(C)cc1. The summed E-state index contributed by atoms with van der Waals surface area (Å²) in [6.45, 7) is 4.87. The van der Waals surface area contributed by atoms with Gasteiger partial charge in [0.05, 0.1) is 22.6 Å². The zero-order valence-corrected chi connectivity index (χ0v) is 21.7. The van der Waals surface area contributed by atoms with Crippen molar-refractivity contribution in [3.63, 3.8) is 0 Å². The molecule has 1 aliphatic heterocycles. The molecule has 190 valence electrons. The molecule has 4 rings (SSSR count). The number of ether oxygens (including phenoxy) is 2. The highest BCUT2D eigenvalue weighted by Gasteiger charge is 2.32. The van der Waals surface area contributed by atoms with E-state index in [1.165, 1.54) is 23.9 Å². The van der Waals surface area contributed by atoms with E-state index in [-0.39, 0.29) is 18.2 Å². The van der Waals surface area contributed by atoms with Crippen LogP contribution in [0.15, 0.2) is 76.6 Å². The first-order chi connectivity index (χ1) is 17.9. The van der Waals surface area contributed by atoms with E-state index in [1.54, 1.807) is 30.2 Å². The molecule has 8 nitrogen and oxygen atoms in total. The lowest BCUT2D eigenvalue weighted by molar-refractivity contribution is -0.384. The number of methoxy groups -OCH3 is 1. The number of nitro groups is 1. The fourth-order valence-corrected chi connectivity index (χ4v) is 4.69. The van der Waals surface area contributed by atoms with Crippen LogP contribution in [0.25, 0.3) is 6.08 Å². The van der Waals surface area contributed by atoms with Crippen LogP contribution in [0.1, 0.15) is 30.0 Å². The number of aryl methyl sites for hydroxylation is 1. The van der Waals surface area contributed by atoms with Crippen molar-refractivity contribution in [3.05, 3.63) is 98.4 Å². The fourth-order valence-electron chi connectivity index (χ4n) is 3.66. The summed E-state index contributed by atoms with van der Waals surface area (Å²) in [4.78, 5) is 30.6. The Kier molecular flexibility index (Phi) is 8.25. The number of carbonyl (C=O) groups is 1. The number of nitrogens with zero attached hydrogens (tertiary/aromatic N) is 3. The Balaban J connectivity index is 1.52. The maximum absolute atomic E-state index is 13.2. The minimum absolute atomic E-state index is 0.0302. The third kappa shape index (κ3) is 6.37. The van der Waals surface area contributed by atoms with Gasteiger partial charge in [-0.25, -0.2) is 4.99 Å². The molecule has 0 radical (unpaired) electrons. The van der Waals surface area contributed by atoms with Crippen molar-refractivity contribution in [1.82, 2.24) is 4.90 Å². The molecule has 0 saturated carbocycles. The van der Waals surface area contributed by atoms with Gasteiger partial charge in [-0.05, 0) is 78.7 Å². The third-order valence-corrected chi connectivity index (χ3v) is 6.63. The van der Waals surface area contributed by atoms with Crippen LogP contribution in [0.3, 0.4) is 0 Å². The molecule has 1 aliphatic rings. The van der Waals surface area contributed by atoms with Crippen molar-refractivity contribution >= 4 is 40.3 Å². The van der Waals surface area contributed by atoms with Crippen LogP contribution in [0, 0.1) is 17.0 Å². The van der Waals surface area contributed by atoms with Gasteiger partial charge in [0.2, 0.25) is 0 Å². The Labute approximate surface area is 219 Å². The van der Waals surface area contributed by atoms with Gasteiger partial charge in [0, 0.05) is 18.7 Å². The van der Waals surface area contributed by atoms with E-state index in [1.807, 2.05) is 56.3 Å². The van der Waals surface area contributed by atoms with Crippen molar-refractivity contribution in [2.75, 3.05) is 13.7 Å². The molecule has 1 amide bonds. The number of benzene rings is 3. The van der Waals surface area contributed by atoms with Gasteiger partial charge in [-0.3, -0.25) is 19.8 Å². The summed E-state index contributed by atoms with van der Waals surface area (Å²) in [6.07, 6.45) is 2.65. The predicted molar refractivity (Wildman–Crippen MR) is 146 cm³/mol. The Hall–Kier alpha value is -4.11. The number of amidine groups is 1. The summed E-state index contributed by atoms with van der Waals surface area (Å²) in [5, 5.41) is 11.5. The second-order valence-electron chi connectivity index (χ2n) is 8.42. The predicted octanol–water partition coefficient (Wildman–Crippen LogP) is 6.50. The van der Waals surface area contributed by atoms with Gasteiger partial charge in [-0.15, -0.1) is 0 Å². The van der Waals surface area contributed by atoms with Gasteiger partial charge < -0.3 is 9.47 Å². The Morgan fingerprint density at radius 2 is 1.78 bits per heavy atom. The minimum Gasteiger partial charge on any atom is -0.493 e. The van der Waals surface area contributed by atoms with E-state index in [9.17, 15) is 14.9 Å². The molecule has 0 spiro atoms. The maximum atomic E-state index is 13.2. The van der Waals surface area contributed by atoms with Gasteiger partial charge in [0.1, 0.15) is 6.61 Å². The minimum atomic E-state index is -0.437. The molecule has 1 fully saturated rings. The fraction of sp³-hybridized carbons (Fsp3) is 0.214. The standard InChI is InChI=1S/C28H27N3O5S/c1-4-15-30-27(32)26(37-28(30)29-22-10-5-19(2)6-11-22)17-21-9-14-24(25(16-21)35-3)36-18-20-7-12-23(13-8-20)31(33)34/h5-14,16-17H,4,15,18H2,1-3H3/b26-17+,29-28?. The van der Waals surface area contributed by atoms with Crippen LogP contribution >= 0.6 is 11.8 Å². The van der Waals surface area contributed by atoms with Crippen molar-refractivity contribution in [2.45, 2.75) is 26.9 Å². The normalized spacial score (nSPS) is 15.4. The maximum Gasteiger partial charge on any atom is 0.269 e. The number of thioether (sulfide) groups is 1. The lowest BCUT2D eigenvalue weighted by Crippen LogP contribution is -2.29. The van der Waals surface area contributed by atoms with Crippen LogP contribution in [0.4, 0.5) is 11.4 Å². The second-order valence-corrected chi connectivity index (χ2v) is 9.43. The summed E-state index contributed by atoms with van der Waals surface area (Å²) in [6, 6.07) is 19.5. The number of rotatable bonds is 9. The molecule has 3 aromatic carbocycles. The van der Waals surface area contributed by atoms with Crippen molar-refractivity contribution in [1.29, 1.82) is 0 Å². The van der Waals surface area contributed by atoms with Crippen LogP contribution in [0.5, 0.6) is 11.5 Å². The average Bonchev–Trinajstić information content (AvgIpc) is 3.18. The van der Waals surface area contributed by atoms with Gasteiger partial charge in [-0.2, -0.15) is 0 Å². The first-order valence-corrected chi connectivity index (χ1v) is 12.6. The van der Waals surface area contributed by atoms with Gasteiger partial charge in [-0.1, -0.05) is 30.7 Å². The molecule has 0 aliphatic carbocycles. The van der Waals surface area contributed by atoms with Crippen molar-refractivity contribution in [3.8, 4) is 11.5 Å². The average molecular weight is 518 g/mol. The van der Waals surface area contributed by atoms with E-state index in [0.29, 0.717) is 28.1 Å². The first kappa shape index (κ1) is 26.0. The summed E-state index contributed by atoms with van der Waals surface area (Å²) >= 11 is 1.36. The monoisotopic (exact) mass is 517 g/mol. The van der Waals surface area contributed by atoms with Crippen LogP contribution < -0.4 is 9.47 Å². The third-order valence-electron chi connectivity index (χ3n) is 5.62. The Morgan fingerprint density at radius 1 is 1.05 bits per heavy atom. The van der Waals surface area contributed by atoms with Crippen molar-refractivity contribution in [2.24, 2.45) is 4.99 Å². The van der Waals surface area contributed by atoms with Crippen LogP contribution in [0.2, 0.25) is 0 Å². The molecule has 0 aromatic heterocycles. The number of hydrogen-bond acceptors (Lipinski definition) is 7. The second kappa shape index (κ2) is 11.7. The number of hydrogen-bond donors (Lipinski definition) is 0. The molecule has 0 unspecified atom stereocenters. The van der Waals surface area contributed by atoms with E-state index in [2.05, 4.69) is 0 Å². The lowest BCUT2D eigenvalue weighted by Gasteiger charge is -2.14. The first-order valence-electron chi connectivity index (χ1n) is 11.8. The zero-order chi connectivity index (χ0) is 26.4. The van der Waals surface area contributed by atoms with E-state index < -0.39 is 4.92 Å². The summed E-state index contributed by atoms with van der Waals surface area (Å²) in [7, 11) is 1.55. The highest BCUT2D eigenvalue weighted by Crippen LogP contribution is 2.36. The van der Waals surface area contributed by atoms with Gasteiger partial charge >= 0.3 is 0 Å². The molecular weight excluding hydrogens is 490 g/mol. The summed E-state index contributed by atoms with van der Waals surface area (Å²) in [5.74, 6) is 0.975. The number of aliphatic imine (C=N–C) groups is 1. The molecule has 9 heteroatoms. The van der Waals surface area contributed by atoms with Gasteiger partial charge in [0.15, 0.2) is 16.7 Å². The van der Waals surface area contributed by atoms with Gasteiger partial charge in [0.25, 0.3) is 11.6 Å². The summed E-state index contributed by atoms with van der Waals surface area (Å²) in [5.41, 5.74) is 3.58. The Morgan fingerprint density at radius 3 is 2.43 bits per heavy atom. The molecule has 0 bridgehead atoms. The Bertz CT molecular complexity index is 1350. The quantitative estimate of drug-likeness (QED) is 0.183. The van der Waals surface area contributed by atoms with Crippen LogP contribution in [-0.4, -0.2) is 34.6 Å². The number of carbonyl (C=O) groups excluding carboxylic acids is 1. The highest BCUT2D eigenvalue weighted by atomic mass is 32.2. The zero-order valence-electron chi connectivity index (χ0n) is 20.8. The highest BCUT2D eigenvalue weighted by molar-refractivity contribution is 8.18. The van der Waals surface area contributed by atoms with E-state index in [0.717, 1.165) is 28.8 Å².